The lowest BCUT2D eigenvalue weighted by Gasteiger charge is -2.41. The van der Waals surface area contributed by atoms with E-state index >= 15 is 0 Å². The molecule has 1 unspecified atom stereocenters. The number of rotatable bonds is 3. The number of nitrogens with one attached hydrogen (secondary N) is 1. The van der Waals surface area contributed by atoms with Crippen LogP contribution in [0, 0.1) is 5.92 Å². The Morgan fingerprint density at radius 1 is 1.03 bits per heavy atom. The first-order valence-electron chi connectivity index (χ1n) is 11.6. The number of nitrogens with zero attached hydrogens (tertiary/aromatic N) is 3. The van der Waals surface area contributed by atoms with Crippen molar-refractivity contribution in [1.29, 1.82) is 0 Å². The van der Waals surface area contributed by atoms with E-state index in [-0.39, 0.29) is 42.7 Å². The van der Waals surface area contributed by atoms with Gasteiger partial charge in [0, 0.05) is 56.2 Å². The molecule has 0 radical (unpaired) electrons. The third kappa shape index (κ3) is 3.91. The molecule has 1 N–H and O–H groups in total. The Kier molecular flexibility index (Phi) is 5.14. The predicted octanol–water partition coefficient (Wildman–Crippen LogP) is 1.27. The third-order valence-electron chi connectivity index (χ3n) is 6.71. The van der Waals surface area contributed by atoms with Crippen molar-refractivity contribution in [3.05, 3.63) is 34.4 Å². The lowest BCUT2D eigenvalue weighted by atomic mass is 10.0. The molecule has 4 aliphatic rings. The molecule has 0 spiro atoms. The zero-order valence-electron chi connectivity index (χ0n) is 19.6. The van der Waals surface area contributed by atoms with Crippen LogP contribution in [0.1, 0.15) is 65.5 Å². The average molecular weight is 469 g/mol. The Bertz CT molecular complexity index is 1120. The number of hydrogen-bond donors (Lipinski definition) is 1. The molecule has 1 aromatic rings. The van der Waals surface area contributed by atoms with Gasteiger partial charge in [0.1, 0.15) is 11.6 Å². The summed E-state index contributed by atoms with van der Waals surface area (Å²) >= 11 is 0. The fourth-order valence-electron chi connectivity index (χ4n) is 5.06. The van der Waals surface area contributed by atoms with Gasteiger partial charge in [0.05, 0.1) is 0 Å². The molecule has 180 valence electrons. The molecule has 1 atom stereocenters. The van der Waals surface area contributed by atoms with Gasteiger partial charge in [-0.05, 0) is 44.4 Å². The molecule has 1 aromatic carbocycles. The molecule has 4 aliphatic heterocycles. The van der Waals surface area contributed by atoms with Crippen LogP contribution in [0.25, 0.3) is 0 Å². The van der Waals surface area contributed by atoms with E-state index in [1.54, 1.807) is 15.9 Å². The van der Waals surface area contributed by atoms with Crippen molar-refractivity contribution in [2.24, 2.45) is 5.92 Å². The van der Waals surface area contributed by atoms with Gasteiger partial charge < -0.3 is 19.4 Å². The van der Waals surface area contributed by atoms with Crippen molar-refractivity contribution in [2.75, 3.05) is 19.6 Å². The Balaban J connectivity index is 1.22. The van der Waals surface area contributed by atoms with Gasteiger partial charge in [-0.15, -0.1) is 0 Å². The largest absolute Gasteiger partial charge is 0.444 e. The number of carbonyl (C=O) groups excluding carboxylic acids is 5. The van der Waals surface area contributed by atoms with Crippen molar-refractivity contribution in [3.8, 4) is 0 Å². The molecule has 10 heteroatoms. The van der Waals surface area contributed by atoms with E-state index < -0.39 is 17.6 Å². The van der Waals surface area contributed by atoms with Crippen molar-refractivity contribution >= 4 is 29.7 Å². The smallest absolute Gasteiger partial charge is 0.410 e. The number of carbonyl (C=O) groups is 5. The van der Waals surface area contributed by atoms with Gasteiger partial charge >= 0.3 is 6.09 Å². The minimum atomic E-state index is -0.675. The van der Waals surface area contributed by atoms with Gasteiger partial charge in [0.2, 0.25) is 11.8 Å². The molecule has 10 nitrogen and oxygen atoms in total. The van der Waals surface area contributed by atoms with E-state index in [2.05, 4.69) is 5.32 Å². The highest BCUT2D eigenvalue weighted by Gasteiger charge is 2.42. The van der Waals surface area contributed by atoms with Crippen LogP contribution < -0.4 is 5.32 Å². The third-order valence-corrected chi connectivity index (χ3v) is 6.71. The summed E-state index contributed by atoms with van der Waals surface area (Å²) in [5.74, 6) is -1.00. The topological polar surface area (TPSA) is 116 Å². The highest BCUT2D eigenvalue weighted by atomic mass is 16.6. The average Bonchev–Trinajstić information content (AvgIpc) is 3.18. The molecule has 2 fully saturated rings. The Labute approximate surface area is 197 Å². The van der Waals surface area contributed by atoms with Crippen molar-refractivity contribution in [1.82, 2.24) is 20.0 Å². The summed E-state index contributed by atoms with van der Waals surface area (Å²) in [6.45, 7) is 7.85. The first-order chi connectivity index (χ1) is 16.0. The first kappa shape index (κ1) is 22.4. The van der Waals surface area contributed by atoms with E-state index in [1.807, 2.05) is 26.8 Å². The van der Waals surface area contributed by atoms with Crippen LogP contribution >= 0.6 is 0 Å². The summed E-state index contributed by atoms with van der Waals surface area (Å²) in [4.78, 5) is 66.8. The quantitative estimate of drug-likeness (QED) is 0.668. The Morgan fingerprint density at radius 2 is 1.71 bits per heavy atom. The SMILES string of the molecule is CC(C)(C)OC(=O)N1CC(CN2Cc3cc4c(cc3C2=O)C(=O)N(C2CCC(=O)NC2=O)C4)C1. The van der Waals surface area contributed by atoms with E-state index in [0.29, 0.717) is 43.7 Å². The fourth-order valence-corrected chi connectivity index (χ4v) is 5.06. The molecule has 5 amide bonds. The van der Waals surface area contributed by atoms with Gasteiger partial charge in [-0.3, -0.25) is 24.5 Å². The molecule has 0 saturated carbocycles. The van der Waals surface area contributed by atoms with Crippen molar-refractivity contribution in [3.63, 3.8) is 0 Å². The summed E-state index contributed by atoms with van der Waals surface area (Å²) in [6, 6.07) is 2.86. The van der Waals surface area contributed by atoms with Crippen LogP contribution in [0.3, 0.4) is 0 Å². The molecule has 4 heterocycles. The number of amides is 5. The fraction of sp³-hybridized carbons (Fsp3) is 0.542. The minimum Gasteiger partial charge on any atom is -0.444 e. The number of benzene rings is 1. The van der Waals surface area contributed by atoms with Gasteiger partial charge in [-0.25, -0.2) is 4.79 Å². The second-order valence-corrected chi connectivity index (χ2v) is 10.5. The molecule has 5 rings (SSSR count). The molecule has 2 saturated heterocycles. The maximum atomic E-state index is 13.0. The van der Waals surface area contributed by atoms with E-state index in [9.17, 15) is 24.0 Å². The summed E-state index contributed by atoms with van der Waals surface area (Å²) < 4.78 is 5.38. The number of fused-ring (bicyclic) bond motifs is 2. The number of hydrogen-bond acceptors (Lipinski definition) is 6. The van der Waals surface area contributed by atoms with E-state index in [4.69, 9.17) is 4.74 Å². The van der Waals surface area contributed by atoms with Gasteiger partial charge in [0.25, 0.3) is 11.8 Å². The minimum absolute atomic E-state index is 0.124. The highest BCUT2D eigenvalue weighted by Crippen LogP contribution is 2.34. The molecule has 0 aliphatic carbocycles. The summed E-state index contributed by atoms with van der Waals surface area (Å²) in [6.07, 6.45) is 0.168. The zero-order valence-corrected chi connectivity index (χ0v) is 19.6. The second kappa shape index (κ2) is 7.82. The molecule has 34 heavy (non-hydrogen) atoms. The number of piperidine rings is 1. The second-order valence-electron chi connectivity index (χ2n) is 10.5. The first-order valence-corrected chi connectivity index (χ1v) is 11.6. The lowest BCUT2D eigenvalue weighted by molar-refractivity contribution is -0.136. The Hall–Kier alpha value is -3.43. The zero-order chi connectivity index (χ0) is 24.4. The lowest BCUT2D eigenvalue weighted by Crippen LogP contribution is -2.54. The van der Waals surface area contributed by atoms with Gasteiger partial charge in [-0.2, -0.15) is 0 Å². The molecule has 0 aromatic heterocycles. The van der Waals surface area contributed by atoms with Crippen LogP contribution in [0.15, 0.2) is 12.1 Å². The van der Waals surface area contributed by atoms with E-state index in [1.165, 1.54) is 4.90 Å². The van der Waals surface area contributed by atoms with Crippen LogP contribution in [0.5, 0.6) is 0 Å². The Morgan fingerprint density at radius 3 is 2.38 bits per heavy atom. The summed E-state index contributed by atoms with van der Waals surface area (Å²) in [7, 11) is 0. The molecular formula is C24H28N4O6. The van der Waals surface area contributed by atoms with Crippen LogP contribution in [0.2, 0.25) is 0 Å². The van der Waals surface area contributed by atoms with Crippen LogP contribution in [-0.4, -0.2) is 75.7 Å². The van der Waals surface area contributed by atoms with Crippen LogP contribution in [0.4, 0.5) is 4.79 Å². The standard InChI is InChI=1S/C24H28N4O6/c1-24(2,3)34-23(33)27-9-13(10-27)8-26-11-14-6-15-12-28(18-4-5-19(29)25-20(18)30)22(32)17(15)7-16(14)21(26)31/h6-7,13,18H,4-5,8-12H2,1-3H3,(H,25,29,30). The van der Waals surface area contributed by atoms with Gasteiger partial charge in [-0.1, -0.05) is 6.07 Å². The summed E-state index contributed by atoms with van der Waals surface area (Å²) in [5, 5.41) is 2.30. The molecule has 0 bridgehead atoms. The normalized spacial score (nSPS) is 22.6. The van der Waals surface area contributed by atoms with Crippen molar-refractivity contribution < 1.29 is 28.7 Å². The number of imide groups is 1. The van der Waals surface area contributed by atoms with Gasteiger partial charge in [0.15, 0.2) is 0 Å². The summed E-state index contributed by atoms with van der Waals surface area (Å²) in [5.41, 5.74) is 2.08. The number of likely N-dealkylation sites (tertiary alicyclic amines) is 1. The maximum Gasteiger partial charge on any atom is 0.410 e. The number of ether oxygens (including phenoxy) is 1. The highest BCUT2D eigenvalue weighted by molar-refractivity contribution is 6.07. The van der Waals surface area contributed by atoms with Crippen LogP contribution in [-0.2, 0) is 27.4 Å². The predicted molar refractivity (Wildman–Crippen MR) is 119 cm³/mol. The monoisotopic (exact) mass is 468 g/mol. The maximum absolute atomic E-state index is 13.0. The van der Waals surface area contributed by atoms with Crippen molar-refractivity contribution in [2.45, 2.75) is 58.3 Å². The molecular weight excluding hydrogens is 440 g/mol. The van der Waals surface area contributed by atoms with E-state index in [0.717, 1.165) is 11.1 Å².